The van der Waals surface area contributed by atoms with Crippen molar-refractivity contribution in [3.63, 3.8) is 0 Å². The van der Waals surface area contributed by atoms with E-state index in [1.807, 2.05) is 36.1 Å². The van der Waals surface area contributed by atoms with Crippen molar-refractivity contribution in [2.45, 2.75) is 32.3 Å². The second kappa shape index (κ2) is 6.40. The lowest BCUT2D eigenvalue weighted by Gasteiger charge is -2.31. The van der Waals surface area contributed by atoms with E-state index >= 15 is 0 Å². The van der Waals surface area contributed by atoms with E-state index in [2.05, 4.69) is 0 Å². The number of piperidine rings is 1. The molecule has 1 saturated heterocycles. The Morgan fingerprint density at radius 3 is 2.68 bits per heavy atom. The number of carbonyl (C=O) groups excluding carboxylic acids is 1. The lowest BCUT2D eigenvalue weighted by Crippen LogP contribution is -2.42. The largest absolute Gasteiger partial charge is 0.393 e. The van der Waals surface area contributed by atoms with Gasteiger partial charge in [-0.2, -0.15) is 0 Å². The molecule has 0 saturated carbocycles. The fourth-order valence-electron chi connectivity index (χ4n) is 2.48. The van der Waals surface area contributed by atoms with Gasteiger partial charge in [0, 0.05) is 24.0 Å². The van der Waals surface area contributed by atoms with Gasteiger partial charge >= 0.3 is 0 Å². The number of hydrogen-bond acceptors (Lipinski definition) is 2. The first-order valence-electron chi connectivity index (χ1n) is 6.78. The lowest BCUT2D eigenvalue weighted by molar-refractivity contribution is -0.136. The molecule has 0 aliphatic carbocycles. The highest BCUT2D eigenvalue weighted by Gasteiger charge is 2.25. The van der Waals surface area contributed by atoms with Gasteiger partial charge in [0.05, 0.1) is 6.10 Å². The number of likely N-dealkylation sites (tertiary alicyclic amines) is 1. The number of hydrogen-bond donors (Lipinski definition) is 1. The summed E-state index contributed by atoms with van der Waals surface area (Å²) >= 11 is 6.12. The van der Waals surface area contributed by atoms with Crippen molar-refractivity contribution in [1.82, 2.24) is 4.90 Å². The summed E-state index contributed by atoms with van der Waals surface area (Å²) in [5.74, 6) is 0.0852. The molecule has 4 heteroatoms. The summed E-state index contributed by atoms with van der Waals surface area (Å²) in [4.78, 5) is 14.2. The first kappa shape index (κ1) is 14.4. The zero-order valence-corrected chi connectivity index (χ0v) is 11.9. The van der Waals surface area contributed by atoms with Gasteiger partial charge in [-0.25, -0.2) is 0 Å². The van der Waals surface area contributed by atoms with Crippen molar-refractivity contribution in [2.24, 2.45) is 5.92 Å². The maximum Gasteiger partial charge on any atom is 0.225 e. The van der Waals surface area contributed by atoms with E-state index in [1.165, 1.54) is 0 Å². The van der Waals surface area contributed by atoms with Crippen LogP contribution in [0.2, 0.25) is 5.02 Å². The van der Waals surface area contributed by atoms with Gasteiger partial charge in [0.25, 0.3) is 0 Å². The Labute approximate surface area is 119 Å². The van der Waals surface area contributed by atoms with E-state index in [0.717, 1.165) is 10.6 Å². The number of rotatable bonds is 3. The zero-order chi connectivity index (χ0) is 13.8. The van der Waals surface area contributed by atoms with Gasteiger partial charge in [0.15, 0.2) is 0 Å². The van der Waals surface area contributed by atoms with Crippen LogP contribution in [0, 0.1) is 5.92 Å². The standard InChI is InChI=1S/C15H20ClNO2/c1-11(10-12-4-2-3-5-14(12)16)15(19)17-8-6-13(18)7-9-17/h2-5,11,13,18H,6-10H2,1H3. The normalized spacial score (nSPS) is 18.4. The molecule has 104 valence electrons. The number of aliphatic hydroxyl groups is 1. The van der Waals surface area contributed by atoms with Crippen LogP contribution in [0.3, 0.4) is 0 Å². The highest BCUT2D eigenvalue weighted by Crippen LogP contribution is 2.21. The second-order valence-corrected chi connectivity index (χ2v) is 5.66. The van der Waals surface area contributed by atoms with E-state index < -0.39 is 0 Å². The number of nitrogens with zero attached hydrogens (tertiary/aromatic N) is 1. The first-order chi connectivity index (χ1) is 9.08. The van der Waals surface area contributed by atoms with Crippen molar-refractivity contribution in [3.05, 3.63) is 34.9 Å². The summed E-state index contributed by atoms with van der Waals surface area (Å²) in [7, 11) is 0. The number of carbonyl (C=O) groups is 1. The molecule has 0 radical (unpaired) electrons. The van der Waals surface area contributed by atoms with Gasteiger partial charge in [0.2, 0.25) is 5.91 Å². The van der Waals surface area contributed by atoms with Crippen LogP contribution in [0.5, 0.6) is 0 Å². The van der Waals surface area contributed by atoms with E-state index in [1.54, 1.807) is 0 Å². The van der Waals surface area contributed by atoms with E-state index in [-0.39, 0.29) is 17.9 Å². The first-order valence-corrected chi connectivity index (χ1v) is 7.16. The molecule has 1 atom stereocenters. The molecule has 1 amide bonds. The Balaban J connectivity index is 1.94. The summed E-state index contributed by atoms with van der Waals surface area (Å²) in [5.41, 5.74) is 1.02. The predicted molar refractivity (Wildman–Crippen MR) is 76.1 cm³/mol. The minimum absolute atomic E-state index is 0.0739. The minimum Gasteiger partial charge on any atom is -0.393 e. The summed E-state index contributed by atoms with van der Waals surface area (Å²) in [6, 6.07) is 7.65. The van der Waals surface area contributed by atoms with Gasteiger partial charge in [-0.05, 0) is 30.9 Å². The van der Waals surface area contributed by atoms with Crippen LogP contribution in [0.15, 0.2) is 24.3 Å². The molecule has 1 aliphatic heterocycles. The number of amides is 1. The predicted octanol–water partition coefficient (Wildman–Crippen LogP) is 2.50. The van der Waals surface area contributed by atoms with Crippen LogP contribution >= 0.6 is 11.6 Å². The van der Waals surface area contributed by atoms with Crippen LogP contribution < -0.4 is 0 Å². The van der Waals surface area contributed by atoms with Crippen LogP contribution in [-0.4, -0.2) is 35.1 Å². The molecule has 1 fully saturated rings. The third-order valence-corrected chi connectivity index (χ3v) is 4.05. The van der Waals surface area contributed by atoms with Crippen molar-refractivity contribution in [3.8, 4) is 0 Å². The van der Waals surface area contributed by atoms with Gasteiger partial charge in [-0.3, -0.25) is 4.79 Å². The van der Waals surface area contributed by atoms with Gasteiger partial charge in [-0.1, -0.05) is 36.7 Å². The highest BCUT2D eigenvalue weighted by atomic mass is 35.5. The third-order valence-electron chi connectivity index (χ3n) is 3.68. The van der Waals surface area contributed by atoms with Crippen LogP contribution in [0.25, 0.3) is 0 Å². The average molecular weight is 282 g/mol. The summed E-state index contributed by atoms with van der Waals surface area (Å²) < 4.78 is 0. The molecule has 19 heavy (non-hydrogen) atoms. The Bertz CT molecular complexity index is 442. The topological polar surface area (TPSA) is 40.5 Å². The zero-order valence-electron chi connectivity index (χ0n) is 11.2. The summed E-state index contributed by atoms with van der Waals surface area (Å²) in [5, 5.41) is 10.2. The van der Waals surface area contributed by atoms with Crippen molar-refractivity contribution < 1.29 is 9.90 Å². The maximum absolute atomic E-state index is 12.3. The SMILES string of the molecule is CC(Cc1ccccc1Cl)C(=O)N1CCC(O)CC1. The lowest BCUT2D eigenvalue weighted by atomic mass is 9.98. The monoisotopic (exact) mass is 281 g/mol. The van der Waals surface area contributed by atoms with Gasteiger partial charge < -0.3 is 10.0 Å². The maximum atomic E-state index is 12.3. The molecule has 2 rings (SSSR count). The van der Waals surface area contributed by atoms with E-state index in [9.17, 15) is 9.90 Å². The van der Waals surface area contributed by atoms with Crippen molar-refractivity contribution in [2.75, 3.05) is 13.1 Å². The third kappa shape index (κ3) is 3.71. The molecule has 1 aliphatic rings. The number of aliphatic hydroxyl groups excluding tert-OH is 1. The van der Waals surface area contributed by atoms with Gasteiger partial charge in [0.1, 0.15) is 0 Å². The average Bonchev–Trinajstić information content (AvgIpc) is 2.41. The molecule has 3 nitrogen and oxygen atoms in total. The second-order valence-electron chi connectivity index (χ2n) is 5.25. The molecular formula is C15H20ClNO2. The van der Waals surface area contributed by atoms with Gasteiger partial charge in [-0.15, -0.1) is 0 Å². The van der Waals surface area contributed by atoms with Crippen molar-refractivity contribution in [1.29, 1.82) is 0 Å². The minimum atomic E-state index is -0.247. The molecule has 1 aromatic carbocycles. The van der Waals surface area contributed by atoms with Crippen LogP contribution in [0.1, 0.15) is 25.3 Å². The Morgan fingerprint density at radius 2 is 2.05 bits per heavy atom. The molecule has 1 aromatic rings. The van der Waals surface area contributed by atoms with E-state index in [4.69, 9.17) is 11.6 Å². The Kier molecular flexibility index (Phi) is 4.83. The number of halogens is 1. The van der Waals surface area contributed by atoms with Crippen LogP contribution in [0.4, 0.5) is 0 Å². The van der Waals surface area contributed by atoms with Crippen molar-refractivity contribution >= 4 is 17.5 Å². The molecule has 0 aromatic heterocycles. The van der Waals surface area contributed by atoms with Crippen LogP contribution in [-0.2, 0) is 11.2 Å². The fourth-order valence-corrected chi connectivity index (χ4v) is 2.69. The summed E-state index contributed by atoms with van der Waals surface area (Å²) in [6.45, 7) is 3.26. The smallest absolute Gasteiger partial charge is 0.225 e. The molecule has 0 spiro atoms. The summed E-state index contributed by atoms with van der Waals surface area (Å²) in [6.07, 6.45) is 1.79. The van der Waals surface area contributed by atoms with E-state index in [0.29, 0.717) is 32.4 Å². The Morgan fingerprint density at radius 1 is 1.42 bits per heavy atom. The number of benzene rings is 1. The molecule has 1 unspecified atom stereocenters. The fraction of sp³-hybridized carbons (Fsp3) is 0.533. The highest BCUT2D eigenvalue weighted by molar-refractivity contribution is 6.31. The molecular weight excluding hydrogens is 262 g/mol. The quantitative estimate of drug-likeness (QED) is 0.925. The molecule has 0 bridgehead atoms. The molecule has 1 N–H and O–H groups in total. The molecule has 1 heterocycles. The Hall–Kier alpha value is -1.06.